The highest BCUT2D eigenvalue weighted by molar-refractivity contribution is 9.11. The second kappa shape index (κ2) is 10.4. The molecular weight excluding hydrogens is 631 g/mol. The zero-order valence-electron chi connectivity index (χ0n) is 17.2. The molecule has 2 amide bonds. The lowest BCUT2D eigenvalue weighted by Gasteiger charge is -2.28. The lowest BCUT2D eigenvalue weighted by Crippen LogP contribution is -2.42. The van der Waals surface area contributed by atoms with Crippen molar-refractivity contribution in [2.45, 2.75) is 6.92 Å². The van der Waals surface area contributed by atoms with E-state index < -0.39 is 5.91 Å². The molecule has 2 aromatic heterocycles. The Morgan fingerprint density at radius 1 is 1.19 bits per heavy atom. The Bertz CT molecular complexity index is 1180. The number of halogens is 4. The molecule has 0 aliphatic rings. The van der Waals surface area contributed by atoms with Crippen LogP contribution in [0.3, 0.4) is 0 Å². The number of nitrogens with one attached hydrogen (secondary N) is 1. The molecule has 0 aliphatic carbocycles. The molecule has 3 aromatic rings. The van der Waals surface area contributed by atoms with Crippen LogP contribution in [0, 0.1) is 0 Å². The topological polar surface area (TPSA) is 83.4 Å². The van der Waals surface area contributed by atoms with E-state index in [9.17, 15) is 9.59 Å². The summed E-state index contributed by atoms with van der Waals surface area (Å²) in [5.74, 6) is -0.451. The lowest BCUT2D eigenvalue weighted by molar-refractivity contribution is 0.0231. The number of nitrogens with zero attached hydrogens (tertiary/aromatic N) is 5. The number of aromatic nitrogens is 3. The molecular formula is C20H18Br3ClN6O2. The first-order chi connectivity index (χ1) is 15.1. The van der Waals surface area contributed by atoms with Gasteiger partial charge in [0.05, 0.1) is 16.3 Å². The van der Waals surface area contributed by atoms with Crippen LogP contribution in [0.4, 0.5) is 5.69 Å². The van der Waals surface area contributed by atoms with E-state index in [1.807, 2.05) is 6.92 Å². The molecule has 168 valence electrons. The number of hydrogen-bond donors (Lipinski definition) is 1. The summed E-state index contributed by atoms with van der Waals surface area (Å²) in [6, 6.07) is 8.31. The number of hydrogen-bond acceptors (Lipinski definition) is 5. The minimum atomic E-state index is -0.491. The summed E-state index contributed by atoms with van der Waals surface area (Å²) in [7, 11) is 3.55. The summed E-state index contributed by atoms with van der Waals surface area (Å²) in [4.78, 5) is 30.7. The van der Waals surface area contributed by atoms with E-state index in [2.05, 4.69) is 63.2 Å². The third-order valence-electron chi connectivity index (χ3n) is 4.39. The number of pyridine rings is 1. The van der Waals surface area contributed by atoms with Gasteiger partial charge in [0.1, 0.15) is 10.3 Å². The van der Waals surface area contributed by atoms with Crippen LogP contribution in [0.25, 0.3) is 5.82 Å². The third kappa shape index (κ3) is 5.23. The molecule has 0 bridgehead atoms. The van der Waals surface area contributed by atoms with E-state index in [1.54, 1.807) is 60.6 Å². The molecule has 1 aromatic carbocycles. The van der Waals surface area contributed by atoms with E-state index in [-0.39, 0.29) is 11.6 Å². The number of carbonyl (C=O) groups excluding carboxylic acids is 2. The maximum absolute atomic E-state index is 13.3. The summed E-state index contributed by atoms with van der Waals surface area (Å²) >= 11 is 16.4. The summed E-state index contributed by atoms with van der Waals surface area (Å²) in [6.07, 6.45) is 1.56. The van der Waals surface area contributed by atoms with E-state index >= 15 is 0 Å². The Morgan fingerprint density at radius 3 is 2.53 bits per heavy atom. The quantitative estimate of drug-likeness (QED) is 0.362. The first kappa shape index (κ1) is 24.8. The molecule has 32 heavy (non-hydrogen) atoms. The molecule has 0 fully saturated rings. The summed E-state index contributed by atoms with van der Waals surface area (Å²) < 4.78 is 3.00. The number of amides is 2. The molecule has 0 atom stereocenters. The van der Waals surface area contributed by atoms with Crippen LogP contribution in [0.15, 0.2) is 50.1 Å². The van der Waals surface area contributed by atoms with Crippen LogP contribution in [-0.2, 0) is 0 Å². The van der Waals surface area contributed by atoms with Crippen LogP contribution in [0.2, 0.25) is 5.02 Å². The summed E-state index contributed by atoms with van der Waals surface area (Å²) in [6.45, 7) is 2.33. The summed E-state index contributed by atoms with van der Waals surface area (Å²) in [5, 5.41) is 10.7. The van der Waals surface area contributed by atoms with Gasteiger partial charge in [0.25, 0.3) is 11.8 Å². The molecule has 1 N–H and O–H groups in total. The van der Waals surface area contributed by atoms with Crippen molar-refractivity contribution in [3.8, 4) is 5.82 Å². The Labute approximate surface area is 215 Å². The Balaban J connectivity index is 2.05. The molecule has 0 saturated carbocycles. The normalized spacial score (nSPS) is 11.0. The Morgan fingerprint density at radius 2 is 1.91 bits per heavy atom. The van der Waals surface area contributed by atoms with Crippen molar-refractivity contribution in [2.75, 3.05) is 26.0 Å². The predicted molar refractivity (Wildman–Crippen MR) is 134 cm³/mol. The molecule has 0 unspecified atom stereocenters. The number of benzene rings is 1. The van der Waals surface area contributed by atoms with Crippen molar-refractivity contribution < 1.29 is 9.59 Å². The van der Waals surface area contributed by atoms with Crippen molar-refractivity contribution >= 4 is 76.9 Å². The zero-order chi connectivity index (χ0) is 23.6. The number of hydrazine groups is 1. The van der Waals surface area contributed by atoms with Crippen molar-refractivity contribution in [1.82, 2.24) is 24.8 Å². The average molecular weight is 650 g/mol. The highest BCUT2D eigenvalue weighted by Crippen LogP contribution is 2.33. The smallest absolute Gasteiger partial charge is 0.274 e. The molecule has 0 spiro atoms. The van der Waals surface area contributed by atoms with Gasteiger partial charge < -0.3 is 5.32 Å². The van der Waals surface area contributed by atoms with Gasteiger partial charge in [-0.25, -0.2) is 14.7 Å². The zero-order valence-corrected chi connectivity index (χ0v) is 22.7. The maximum Gasteiger partial charge on any atom is 0.274 e. The largest absolute Gasteiger partial charge is 0.319 e. The van der Waals surface area contributed by atoms with Gasteiger partial charge in [-0.3, -0.25) is 14.6 Å². The van der Waals surface area contributed by atoms with Gasteiger partial charge in [0.15, 0.2) is 5.82 Å². The standard InChI is InChI=1S/C20H18Br3ClN6O2/c1-4-29(28(2)3)20(32)12-8-11(21)9-13(22)17(12)26-19(31)15-10-16(23)27-30(15)18-14(24)6-5-7-25-18/h5-10H,4H2,1-3H3,(H,26,31). The molecule has 2 heterocycles. The van der Waals surface area contributed by atoms with E-state index in [4.69, 9.17) is 11.6 Å². The van der Waals surface area contributed by atoms with Gasteiger partial charge in [-0.2, -0.15) is 5.10 Å². The number of anilines is 1. The van der Waals surface area contributed by atoms with Crippen LogP contribution in [0.1, 0.15) is 27.8 Å². The van der Waals surface area contributed by atoms with Crippen LogP contribution < -0.4 is 5.32 Å². The van der Waals surface area contributed by atoms with Crippen molar-refractivity contribution in [3.05, 3.63) is 66.4 Å². The van der Waals surface area contributed by atoms with Crippen molar-refractivity contribution in [1.29, 1.82) is 0 Å². The fourth-order valence-electron chi connectivity index (χ4n) is 3.00. The SMILES string of the molecule is CCN(C(=O)c1cc(Br)cc(Br)c1NC(=O)c1cc(Br)nn1-c1ncccc1Cl)N(C)C. The van der Waals surface area contributed by atoms with Gasteiger partial charge in [0, 0.05) is 41.8 Å². The van der Waals surface area contributed by atoms with Gasteiger partial charge >= 0.3 is 0 Å². The van der Waals surface area contributed by atoms with Gasteiger partial charge in [-0.15, -0.1) is 0 Å². The van der Waals surface area contributed by atoms with Gasteiger partial charge in [0.2, 0.25) is 0 Å². The Kier molecular flexibility index (Phi) is 8.10. The highest BCUT2D eigenvalue weighted by Gasteiger charge is 2.25. The van der Waals surface area contributed by atoms with Gasteiger partial charge in [-0.05, 0) is 63.0 Å². The molecule has 0 aliphatic heterocycles. The van der Waals surface area contributed by atoms with E-state index in [0.717, 1.165) is 0 Å². The molecule has 0 saturated heterocycles. The van der Waals surface area contributed by atoms with Crippen molar-refractivity contribution in [3.63, 3.8) is 0 Å². The van der Waals surface area contributed by atoms with E-state index in [1.165, 1.54) is 4.68 Å². The first-order valence-electron chi connectivity index (χ1n) is 9.30. The minimum Gasteiger partial charge on any atom is -0.319 e. The molecule has 3 rings (SSSR count). The minimum absolute atomic E-state index is 0.186. The van der Waals surface area contributed by atoms with Crippen LogP contribution in [-0.4, -0.2) is 57.2 Å². The second-order valence-electron chi connectivity index (χ2n) is 6.71. The van der Waals surface area contributed by atoms with Crippen molar-refractivity contribution in [2.24, 2.45) is 0 Å². The second-order valence-corrected chi connectivity index (χ2v) is 9.70. The Hall–Kier alpha value is -1.79. The fourth-order valence-corrected chi connectivity index (χ4v) is 4.90. The number of carbonyl (C=O) groups is 2. The molecule has 8 nitrogen and oxygen atoms in total. The maximum atomic E-state index is 13.3. The highest BCUT2D eigenvalue weighted by atomic mass is 79.9. The van der Waals surface area contributed by atoms with Crippen LogP contribution >= 0.6 is 59.4 Å². The average Bonchev–Trinajstić information content (AvgIpc) is 3.11. The monoisotopic (exact) mass is 646 g/mol. The lowest BCUT2D eigenvalue weighted by atomic mass is 10.1. The predicted octanol–water partition coefficient (Wildman–Crippen LogP) is 5.40. The first-order valence-corrected chi connectivity index (χ1v) is 12.1. The number of rotatable bonds is 6. The van der Waals surface area contributed by atoms with Crippen LogP contribution in [0.5, 0.6) is 0 Å². The molecule has 0 radical (unpaired) electrons. The van der Waals surface area contributed by atoms with Gasteiger partial charge in [-0.1, -0.05) is 27.5 Å². The fraction of sp³-hybridized carbons (Fsp3) is 0.200. The van der Waals surface area contributed by atoms with E-state index in [0.29, 0.717) is 42.2 Å². The third-order valence-corrected chi connectivity index (χ3v) is 6.16. The molecule has 12 heteroatoms. The summed E-state index contributed by atoms with van der Waals surface area (Å²) in [5.41, 5.74) is 0.835.